The van der Waals surface area contributed by atoms with E-state index in [1.54, 1.807) is 7.11 Å². The molecule has 0 amide bonds. The van der Waals surface area contributed by atoms with Gasteiger partial charge in [0.2, 0.25) is 0 Å². The fourth-order valence-corrected chi connectivity index (χ4v) is 2.33. The standard InChI is InChI=1S/C15H22N2OS/c1-10(15(2,3)4)9-17-11-7-6-8-12(18-5)13(11)16-14(17)19/h6-8,10H,9H2,1-5H3,(H,16,19). The first-order valence-corrected chi connectivity index (χ1v) is 7.01. The molecule has 0 spiro atoms. The summed E-state index contributed by atoms with van der Waals surface area (Å²) in [5.41, 5.74) is 2.36. The molecule has 1 N–H and O–H groups in total. The largest absolute Gasteiger partial charge is 0.494 e. The summed E-state index contributed by atoms with van der Waals surface area (Å²) in [5.74, 6) is 1.37. The Kier molecular flexibility index (Phi) is 3.72. The minimum absolute atomic E-state index is 0.261. The van der Waals surface area contributed by atoms with Gasteiger partial charge in [-0.25, -0.2) is 0 Å². The average molecular weight is 278 g/mol. The van der Waals surface area contributed by atoms with Crippen molar-refractivity contribution < 1.29 is 4.74 Å². The van der Waals surface area contributed by atoms with Gasteiger partial charge in [-0.05, 0) is 35.7 Å². The summed E-state index contributed by atoms with van der Waals surface area (Å²) < 4.78 is 8.31. The van der Waals surface area contributed by atoms with Gasteiger partial charge in [0.25, 0.3) is 0 Å². The predicted molar refractivity (Wildman–Crippen MR) is 82.3 cm³/mol. The second kappa shape index (κ2) is 5.00. The molecular formula is C15H22N2OS. The Labute approximate surface area is 119 Å². The number of benzene rings is 1. The number of aromatic amines is 1. The number of imidazole rings is 1. The van der Waals surface area contributed by atoms with Gasteiger partial charge < -0.3 is 14.3 Å². The molecule has 104 valence electrons. The lowest BCUT2D eigenvalue weighted by molar-refractivity contribution is 0.234. The minimum atomic E-state index is 0.261. The highest BCUT2D eigenvalue weighted by molar-refractivity contribution is 7.71. The van der Waals surface area contributed by atoms with Gasteiger partial charge in [-0.15, -0.1) is 0 Å². The Morgan fingerprint density at radius 1 is 1.37 bits per heavy atom. The maximum absolute atomic E-state index is 5.45. The molecule has 0 saturated carbocycles. The molecular weight excluding hydrogens is 256 g/mol. The third-order valence-corrected chi connectivity index (χ3v) is 4.25. The molecule has 0 fully saturated rings. The molecule has 4 heteroatoms. The van der Waals surface area contributed by atoms with E-state index < -0.39 is 0 Å². The summed E-state index contributed by atoms with van der Waals surface area (Å²) in [7, 11) is 1.68. The lowest BCUT2D eigenvalue weighted by atomic mass is 9.82. The smallest absolute Gasteiger partial charge is 0.178 e. The molecule has 1 aromatic carbocycles. The molecule has 2 rings (SSSR count). The molecule has 0 saturated heterocycles. The number of hydrogen-bond acceptors (Lipinski definition) is 2. The lowest BCUT2D eigenvalue weighted by Gasteiger charge is -2.27. The van der Waals surface area contributed by atoms with Crippen LogP contribution in [0.4, 0.5) is 0 Å². The third kappa shape index (κ3) is 2.68. The molecule has 1 unspecified atom stereocenters. The van der Waals surface area contributed by atoms with Crippen LogP contribution >= 0.6 is 12.2 Å². The van der Waals surface area contributed by atoms with E-state index in [1.165, 1.54) is 0 Å². The highest BCUT2D eigenvalue weighted by Crippen LogP contribution is 2.30. The van der Waals surface area contributed by atoms with Crippen LogP contribution in [0.25, 0.3) is 11.0 Å². The van der Waals surface area contributed by atoms with Crippen molar-refractivity contribution in [2.75, 3.05) is 7.11 Å². The van der Waals surface area contributed by atoms with Gasteiger partial charge in [0, 0.05) is 6.54 Å². The van der Waals surface area contributed by atoms with Gasteiger partial charge in [0.15, 0.2) is 4.77 Å². The van der Waals surface area contributed by atoms with Gasteiger partial charge >= 0.3 is 0 Å². The molecule has 0 aliphatic carbocycles. The molecule has 2 aromatic rings. The number of H-pyrrole nitrogens is 1. The van der Waals surface area contributed by atoms with Gasteiger partial charge in [-0.3, -0.25) is 0 Å². The molecule has 0 aliphatic heterocycles. The van der Waals surface area contributed by atoms with E-state index in [2.05, 4.69) is 43.3 Å². The lowest BCUT2D eigenvalue weighted by Crippen LogP contribution is -2.22. The number of rotatable bonds is 3. The van der Waals surface area contributed by atoms with Gasteiger partial charge in [-0.2, -0.15) is 0 Å². The van der Waals surface area contributed by atoms with E-state index in [4.69, 9.17) is 17.0 Å². The first-order chi connectivity index (χ1) is 8.84. The van der Waals surface area contributed by atoms with Crippen LogP contribution in [-0.2, 0) is 6.54 Å². The second-order valence-electron chi connectivity index (χ2n) is 6.16. The van der Waals surface area contributed by atoms with Crippen LogP contribution < -0.4 is 4.74 Å². The molecule has 0 radical (unpaired) electrons. The Morgan fingerprint density at radius 3 is 2.63 bits per heavy atom. The third-order valence-electron chi connectivity index (χ3n) is 3.93. The van der Waals surface area contributed by atoms with E-state index in [1.807, 2.05) is 12.1 Å². The van der Waals surface area contributed by atoms with Crippen molar-refractivity contribution in [3.63, 3.8) is 0 Å². The summed E-state index contributed by atoms with van der Waals surface area (Å²) in [6.45, 7) is 9.96. The monoisotopic (exact) mass is 278 g/mol. The van der Waals surface area contributed by atoms with E-state index in [0.717, 1.165) is 28.1 Å². The van der Waals surface area contributed by atoms with Crippen LogP contribution in [-0.4, -0.2) is 16.7 Å². The number of nitrogens with one attached hydrogen (secondary N) is 1. The van der Waals surface area contributed by atoms with E-state index in [-0.39, 0.29) is 5.41 Å². The number of fused-ring (bicyclic) bond motifs is 1. The normalized spacial score (nSPS) is 13.7. The first kappa shape index (κ1) is 14.1. The van der Waals surface area contributed by atoms with Gasteiger partial charge in [0.1, 0.15) is 11.3 Å². The molecule has 0 bridgehead atoms. The van der Waals surface area contributed by atoms with Crippen molar-refractivity contribution in [2.24, 2.45) is 11.3 Å². The van der Waals surface area contributed by atoms with Crippen molar-refractivity contribution >= 4 is 23.3 Å². The van der Waals surface area contributed by atoms with E-state index in [9.17, 15) is 0 Å². The first-order valence-electron chi connectivity index (χ1n) is 6.60. The predicted octanol–water partition coefficient (Wildman–Crippen LogP) is 4.39. The van der Waals surface area contributed by atoms with Crippen LogP contribution in [0.2, 0.25) is 0 Å². The zero-order valence-corrected chi connectivity index (χ0v) is 13.1. The molecule has 19 heavy (non-hydrogen) atoms. The summed E-state index contributed by atoms with van der Waals surface area (Å²) in [5, 5.41) is 0. The number of ether oxygens (including phenoxy) is 1. The van der Waals surface area contributed by atoms with Crippen molar-refractivity contribution in [3.05, 3.63) is 23.0 Å². The maximum atomic E-state index is 5.45. The number of para-hydroxylation sites is 1. The number of aromatic nitrogens is 2. The van der Waals surface area contributed by atoms with Gasteiger partial charge in [0.05, 0.1) is 12.6 Å². The fraction of sp³-hybridized carbons (Fsp3) is 0.533. The summed E-state index contributed by atoms with van der Waals surface area (Å²) in [6, 6.07) is 6.03. The van der Waals surface area contributed by atoms with Crippen molar-refractivity contribution in [1.82, 2.24) is 9.55 Å². The summed E-state index contributed by atoms with van der Waals surface area (Å²) in [4.78, 5) is 3.26. The van der Waals surface area contributed by atoms with Gasteiger partial charge in [-0.1, -0.05) is 33.8 Å². The zero-order chi connectivity index (χ0) is 14.2. The topological polar surface area (TPSA) is 29.9 Å². The van der Waals surface area contributed by atoms with Crippen LogP contribution in [0, 0.1) is 16.1 Å². The van der Waals surface area contributed by atoms with Crippen LogP contribution in [0.1, 0.15) is 27.7 Å². The maximum Gasteiger partial charge on any atom is 0.178 e. The minimum Gasteiger partial charge on any atom is -0.494 e. The summed E-state index contributed by atoms with van der Waals surface area (Å²) >= 11 is 5.45. The number of hydrogen-bond donors (Lipinski definition) is 1. The zero-order valence-electron chi connectivity index (χ0n) is 12.3. The molecule has 1 heterocycles. The SMILES string of the molecule is COc1cccc2c1[nH]c(=S)n2CC(C)C(C)(C)C. The second-order valence-corrected chi connectivity index (χ2v) is 6.55. The van der Waals surface area contributed by atoms with Crippen LogP contribution in [0.3, 0.4) is 0 Å². The van der Waals surface area contributed by atoms with E-state index in [0.29, 0.717) is 5.92 Å². The highest BCUT2D eigenvalue weighted by Gasteiger charge is 2.21. The van der Waals surface area contributed by atoms with Crippen molar-refractivity contribution in [1.29, 1.82) is 0 Å². The van der Waals surface area contributed by atoms with Crippen LogP contribution in [0.5, 0.6) is 5.75 Å². The Balaban J connectivity index is 2.50. The average Bonchev–Trinajstić information content (AvgIpc) is 2.65. The Morgan fingerprint density at radius 2 is 2.05 bits per heavy atom. The fourth-order valence-electron chi connectivity index (χ4n) is 2.05. The van der Waals surface area contributed by atoms with Crippen molar-refractivity contribution in [2.45, 2.75) is 34.2 Å². The van der Waals surface area contributed by atoms with Crippen LogP contribution in [0.15, 0.2) is 18.2 Å². The molecule has 0 aliphatic rings. The Hall–Kier alpha value is -1.29. The van der Waals surface area contributed by atoms with E-state index >= 15 is 0 Å². The number of nitrogens with zero attached hydrogens (tertiary/aromatic N) is 1. The summed E-state index contributed by atoms with van der Waals surface area (Å²) in [6.07, 6.45) is 0. The quantitative estimate of drug-likeness (QED) is 0.844. The molecule has 3 nitrogen and oxygen atoms in total. The Bertz CT molecular complexity index is 634. The van der Waals surface area contributed by atoms with Crippen molar-refractivity contribution in [3.8, 4) is 5.75 Å². The molecule has 1 atom stereocenters. The number of methoxy groups -OCH3 is 1. The molecule has 1 aromatic heterocycles. The highest BCUT2D eigenvalue weighted by atomic mass is 32.1.